The lowest BCUT2D eigenvalue weighted by molar-refractivity contribution is -0.120. The average Bonchev–Trinajstić information content (AvgIpc) is 3.37. The third-order valence-electron chi connectivity index (χ3n) is 6.64. The molecule has 5 rings (SSSR count). The van der Waals surface area contributed by atoms with E-state index >= 15 is 0 Å². The predicted octanol–water partition coefficient (Wildman–Crippen LogP) is 5.88. The van der Waals surface area contributed by atoms with Crippen LogP contribution in [0.4, 0.5) is 10.8 Å². The first-order chi connectivity index (χ1) is 16.3. The maximum absolute atomic E-state index is 13.2. The van der Waals surface area contributed by atoms with Crippen molar-refractivity contribution in [3.05, 3.63) is 64.3 Å². The number of rotatable bonds is 4. The maximum atomic E-state index is 13.2. The molecule has 1 aliphatic rings. The van der Waals surface area contributed by atoms with E-state index in [0.717, 1.165) is 63.1 Å². The largest absolute Gasteiger partial charge is 0.347 e. The number of aryl methyl sites for hydroxylation is 5. The van der Waals surface area contributed by atoms with Gasteiger partial charge in [0.05, 0.1) is 22.0 Å². The number of hydrogen-bond donors (Lipinski definition) is 1. The normalized spacial score (nSPS) is 16.3. The lowest BCUT2D eigenvalue weighted by Gasteiger charge is -2.32. The molecule has 1 saturated heterocycles. The molecule has 2 aromatic carbocycles. The Morgan fingerprint density at radius 1 is 1.03 bits per heavy atom. The summed E-state index contributed by atoms with van der Waals surface area (Å²) in [6.07, 6.45) is 1.87. The standard InChI is InChI=1S/C27H31N5OS/c1-16-8-10-22(11-9-16)32-25-24(20(5)30-32)34-27(29-25)31-12-6-7-21(15-31)26(33)28-23-18(3)13-17(2)14-19(23)4/h8-11,13-14,21H,6-7,12,15H2,1-5H3,(H,28,33)/t21-/m0/s1. The quantitative estimate of drug-likeness (QED) is 0.402. The molecule has 1 atom stereocenters. The summed E-state index contributed by atoms with van der Waals surface area (Å²) >= 11 is 1.67. The maximum Gasteiger partial charge on any atom is 0.229 e. The molecular weight excluding hydrogens is 442 g/mol. The van der Waals surface area contributed by atoms with Gasteiger partial charge in [-0.15, -0.1) is 0 Å². The number of nitrogens with one attached hydrogen (secondary N) is 1. The number of aromatic nitrogens is 3. The summed E-state index contributed by atoms with van der Waals surface area (Å²) < 4.78 is 3.04. The SMILES string of the molecule is Cc1ccc(-n2nc(C)c3sc(N4CCC[C@H](C(=O)Nc5c(C)cc(C)cc5C)C4)nc32)cc1. The highest BCUT2D eigenvalue weighted by molar-refractivity contribution is 7.22. The minimum atomic E-state index is -0.0597. The van der Waals surface area contributed by atoms with Crippen LogP contribution in [-0.4, -0.2) is 33.8 Å². The monoisotopic (exact) mass is 473 g/mol. The van der Waals surface area contributed by atoms with Crippen LogP contribution in [0.15, 0.2) is 36.4 Å². The molecule has 0 spiro atoms. The Bertz CT molecular complexity index is 1340. The van der Waals surface area contributed by atoms with Crippen molar-refractivity contribution in [3.8, 4) is 5.69 Å². The molecule has 0 saturated carbocycles. The highest BCUT2D eigenvalue weighted by Crippen LogP contribution is 2.35. The summed E-state index contributed by atoms with van der Waals surface area (Å²) in [5.41, 5.74) is 8.49. The fraction of sp³-hybridized carbons (Fsp3) is 0.370. The molecule has 0 aliphatic carbocycles. The lowest BCUT2D eigenvalue weighted by Crippen LogP contribution is -2.40. The van der Waals surface area contributed by atoms with Crippen LogP contribution in [0, 0.1) is 40.5 Å². The number of hydrogen-bond acceptors (Lipinski definition) is 5. The predicted molar refractivity (Wildman–Crippen MR) is 140 cm³/mol. The van der Waals surface area contributed by atoms with Crippen LogP contribution in [0.5, 0.6) is 0 Å². The highest BCUT2D eigenvalue weighted by atomic mass is 32.1. The van der Waals surface area contributed by atoms with Crippen molar-refractivity contribution in [3.63, 3.8) is 0 Å². The van der Waals surface area contributed by atoms with Gasteiger partial charge in [-0.1, -0.05) is 46.7 Å². The van der Waals surface area contributed by atoms with Crippen LogP contribution in [0.25, 0.3) is 16.0 Å². The minimum absolute atomic E-state index is 0.0597. The van der Waals surface area contributed by atoms with E-state index in [1.165, 1.54) is 11.1 Å². The van der Waals surface area contributed by atoms with Crippen LogP contribution in [0.1, 0.15) is 40.8 Å². The van der Waals surface area contributed by atoms with E-state index in [4.69, 9.17) is 10.1 Å². The molecule has 1 aliphatic heterocycles. The van der Waals surface area contributed by atoms with Gasteiger partial charge in [-0.05, 0) is 70.7 Å². The molecule has 6 nitrogen and oxygen atoms in total. The first-order valence-electron chi connectivity index (χ1n) is 11.9. The van der Waals surface area contributed by atoms with Gasteiger partial charge in [-0.2, -0.15) is 10.1 Å². The number of fused-ring (bicyclic) bond motifs is 1. The fourth-order valence-electron chi connectivity index (χ4n) is 4.89. The number of thiazole rings is 1. The van der Waals surface area contributed by atoms with E-state index < -0.39 is 0 Å². The van der Waals surface area contributed by atoms with Gasteiger partial charge in [0.15, 0.2) is 10.8 Å². The smallest absolute Gasteiger partial charge is 0.229 e. The Morgan fingerprint density at radius 2 is 1.74 bits per heavy atom. The van der Waals surface area contributed by atoms with Crippen molar-refractivity contribution in [1.82, 2.24) is 14.8 Å². The second-order valence-electron chi connectivity index (χ2n) is 9.53. The van der Waals surface area contributed by atoms with Gasteiger partial charge in [0.1, 0.15) is 0 Å². The first kappa shape index (κ1) is 22.6. The molecule has 4 aromatic rings. The van der Waals surface area contributed by atoms with E-state index in [1.807, 2.05) is 11.6 Å². The summed E-state index contributed by atoms with van der Waals surface area (Å²) in [6.45, 7) is 11.9. The summed E-state index contributed by atoms with van der Waals surface area (Å²) in [5, 5.41) is 8.92. The molecule has 2 aromatic heterocycles. The van der Waals surface area contributed by atoms with Crippen molar-refractivity contribution in [2.24, 2.45) is 5.92 Å². The minimum Gasteiger partial charge on any atom is -0.347 e. The Hall–Kier alpha value is -3.19. The van der Waals surface area contributed by atoms with E-state index in [2.05, 4.69) is 74.3 Å². The second-order valence-corrected chi connectivity index (χ2v) is 10.5. The fourth-order valence-corrected chi connectivity index (χ4v) is 5.91. The van der Waals surface area contributed by atoms with Crippen LogP contribution in [0.3, 0.4) is 0 Å². The van der Waals surface area contributed by atoms with Gasteiger partial charge in [-0.25, -0.2) is 4.68 Å². The molecule has 176 valence electrons. The summed E-state index contributed by atoms with van der Waals surface area (Å²) in [6, 6.07) is 12.6. The van der Waals surface area contributed by atoms with Crippen molar-refractivity contribution in [2.75, 3.05) is 23.3 Å². The number of carbonyl (C=O) groups excluding carboxylic acids is 1. The Balaban J connectivity index is 1.37. The number of nitrogens with zero attached hydrogens (tertiary/aromatic N) is 4. The van der Waals surface area contributed by atoms with Gasteiger partial charge < -0.3 is 10.2 Å². The molecule has 34 heavy (non-hydrogen) atoms. The zero-order valence-corrected chi connectivity index (χ0v) is 21.3. The van der Waals surface area contributed by atoms with Gasteiger partial charge in [0.25, 0.3) is 0 Å². The number of carbonyl (C=O) groups is 1. The van der Waals surface area contributed by atoms with Crippen molar-refractivity contribution in [1.29, 1.82) is 0 Å². The van der Waals surface area contributed by atoms with E-state index in [9.17, 15) is 4.79 Å². The number of piperidine rings is 1. The number of anilines is 2. The van der Waals surface area contributed by atoms with E-state index in [-0.39, 0.29) is 11.8 Å². The highest BCUT2D eigenvalue weighted by Gasteiger charge is 2.29. The summed E-state index contributed by atoms with van der Waals surface area (Å²) in [4.78, 5) is 20.5. The summed E-state index contributed by atoms with van der Waals surface area (Å²) in [7, 11) is 0. The van der Waals surface area contributed by atoms with Gasteiger partial charge in [-0.3, -0.25) is 4.79 Å². The van der Waals surface area contributed by atoms with Crippen LogP contribution in [0.2, 0.25) is 0 Å². The molecular formula is C27H31N5OS. The van der Waals surface area contributed by atoms with Crippen LogP contribution >= 0.6 is 11.3 Å². The van der Waals surface area contributed by atoms with Crippen molar-refractivity contribution in [2.45, 2.75) is 47.5 Å². The van der Waals surface area contributed by atoms with Crippen LogP contribution < -0.4 is 10.2 Å². The first-order valence-corrected chi connectivity index (χ1v) is 12.7. The van der Waals surface area contributed by atoms with Crippen molar-refractivity contribution >= 4 is 38.4 Å². The molecule has 0 unspecified atom stereocenters. The molecule has 3 heterocycles. The van der Waals surface area contributed by atoms with E-state index in [1.54, 1.807) is 11.3 Å². The zero-order chi connectivity index (χ0) is 24.0. The Labute approximate surface area is 204 Å². The number of benzene rings is 2. The molecule has 1 N–H and O–H groups in total. The summed E-state index contributed by atoms with van der Waals surface area (Å²) in [5.74, 6) is 0.0402. The number of amides is 1. The second kappa shape index (κ2) is 8.87. The van der Waals surface area contributed by atoms with Crippen molar-refractivity contribution < 1.29 is 4.79 Å². The topological polar surface area (TPSA) is 63.1 Å². The average molecular weight is 474 g/mol. The van der Waals surface area contributed by atoms with E-state index in [0.29, 0.717) is 6.54 Å². The zero-order valence-electron chi connectivity index (χ0n) is 20.5. The molecule has 0 radical (unpaired) electrons. The Morgan fingerprint density at radius 3 is 2.44 bits per heavy atom. The molecule has 1 amide bonds. The molecule has 7 heteroatoms. The third-order valence-corrected chi connectivity index (χ3v) is 7.86. The Kier molecular flexibility index (Phi) is 5.90. The molecule has 0 bridgehead atoms. The van der Waals surface area contributed by atoms with Gasteiger partial charge >= 0.3 is 0 Å². The lowest BCUT2D eigenvalue weighted by atomic mass is 9.96. The molecule has 1 fully saturated rings. The van der Waals surface area contributed by atoms with Gasteiger partial charge in [0, 0.05) is 18.8 Å². The van der Waals surface area contributed by atoms with Gasteiger partial charge in [0.2, 0.25) is 5.91 Å². The van der Waals surface area contributed by atoms with Crippen LogP contribution in [-0.2, 0) is 4.79 Å². The third kappa shape index (κ3) is 4.20.